The Morgan fingerprint density at radius 2 is 2.11 bits per heavy atom. The lowest BCUT2D eigenvalue weighted by molar-refractivity contribution is -0.154. The van der Waals surface area contributed by atoms with Gasteiger partial charge in [-0.15, -0.1) is 0 Å². The molecule has 0 radical (unpaired) electrons. The number of amides is 1. The van der Waals surface area contributed by atoms with Crippen molar-refractivity contribution < 1.29 is 9.53 Å². The highest BCUT2D eigenvalue weighted by molar-refractivity contribution is 5.99. The van der Waals surface area contributed by atoms with Gasteiger partial charge in [0.2, 0.25) is 11.9 Å². The van der Waals surface area contributed by atoms with Gasteiger partial charge in [0, 0.05) is 13.1 Å². The van der Waals surface area contributed by atoms with E-state index in [1.807, 2.05) is 36.1 Å². The molecule has 4 rings (SSSR count). The second-order valence-electron chi connectivity index (χ2n) is 5.56. The smallest absolute Gasteiger partial charge is 0.239 e. The van der Waals surface area contributed by atoms with Crippen LogP contribution in [-0.4, -0.2) is 35.2 Å². The number of anilines is 1. The summed E-state index contributed by atoms with van der Waals surface area (Å²) in [6, 6.07) is 8.01. The van der Waals surface area contributed by atoms with E-state index in [0.29, 0.717) is 19.8 Å². The normalized spacial score (nSPS) is 20.4. The van der Waals surface area contributed by atoms with E-state index in [9.17, 15) is 4.79 Å². The molecule has 1 aromatic carbocycles. The molecule has 1 amide bonds. The second-order valence-corrected chi connectivity index (χ2v) is 5.56. The molecule has 5 nitrogen and oxygen atoms in total. The van der Waals surface area contributed by atoms with Crippen molar-refractivity contribution in [2.45, 2.75) is 13.5 Å². The van der Waals surface area contributed by atoms with Crippen molar-refractivity contribution in [1.29, 1.82) is 0 Å². The first-order valence-corrected chi connectivity index (χ1v) is 6.54. The molecule has 0 aliphatic carbocycles. The highest BCUT2D eigenvalue weighted by atomic mass is 16.5. The zero-order valence-corrected chi connectivity index (χ0v) is 10.8. The van der Waals surface area contributed by atoms with Crippen molar-refractivity contribution in [3.8, 4) is 0 Å². The van der Waals surface area contributed by atoms with E-state index in [1.54, 1.807) is 0 Å². The fourth-order valence-corrected chi connectivity index (χ4v) is 2.84. The number of para-hydroxylation sites is 2. The number of fused-ring (bicyclic) bond motifs is 3. The minimum atomic E-state index is -0.368. The number of aromatic nitrogens is 2. The first-order chi connectivity index (χ1) is 9.19. The molecule has 0 unspecified atom stereocenters. The third kappa shape index (κ3) is 1.39. The topological polar surface area (TPSA) is 47.4 Å². The van der Waals surface area contributed by atoms with Gasteiger partial charge < -0.3 is 9.30 Å². The molecule has 1 aromatic heterocycles. The number of nitrogens with zero attached hydrogens (tertiary/aromatic N) is 3. The van der Waals surface area contributed by atoms with E-state index >= 15 is 0 Å². The number of carbonyl (C=O) groups is 1. The monoisotopic (exact) mass is 257 g/mol. The highest BCUT2D eigenvalue weighted by Crippen LogP contribution is 2.34. The highest BCUT2D eigenvalue weighted by Gasteiger charge is 2.46. The van der Waals surface area contributed by atoms with Gasteiger partial charge >= 0.3 is 0 Å². The first-order valence-electron chi connectivity index (χ1n) is 6.54. The number of carbonyl (C=O) groups excluding carboxylic acids is 1. The molecule has 0 atom stereocenters. The Bertz CT molecular complexity index is 672. The van der Waals surface area contributed by atoms with Gasteiger partial charge in [0.15, 0.2) is 0 Å². The maximum atomic E-state index is 12.6. The van der Waals surface area contributed by atoms with Crippen LogP contribution in [0.3, 0.4) is 0 Å². The SMILES string of the molecule is CC1(C(=O)N2CCn3c2nc2ccccc23)COC1. The van der Waals surface area contributed by atoms with Crippen molar-refractivity contribution >= 4 is 22.9 Å². The van der Waals surface area contributed by atoms with Crippen LogP contribution in [0.15, 0.2) is 24.3 Å². The van der Waals surface area contributed by atoms with Gasteiger partial charge in [-0.25, -0.2) is 4.98 Å². The standard InChI is InChI=1S/C14H15N3O2/c1-14(8-19-9-14)12(18)17-7-6-16-11-5-3-2-4-10(11)15-13(16)17/h2-5H,6-9H2,1H3. The Morgan fingerprint density at radius 3 is 2.84 bits per heavy atom. The third-order valence-corrected chi connectivity index (χ3v) is 4.03. The lowest BCUT2D eigenvalue weighted by Crippen LogP contribution is -2.53. The molecule has 3 heterocycles. The van der Waals surface area contributed by atoms with Gasteiger partial charge in [-0.3, -0.25) is 9.69 Å². The van der Waals surface area contributed by atoms with Crippen molar-refractivity contribution in [1.82, 2.24) is 9.55 Å². The molecule has 0 N–H and O–H groups in total. The van der Waals surface area contributed by atoms with Gasteiger partial charge in [0.25, 0.3) is 0 Å². The molecule has 0 saturated carbocycles. The summed E-state index contributed by atoms with van der Waals surface area (Å²) in [5.41, 5.74) is 1.68. The van der Waals surface area contributed by atoms with E-state index < -0.39 is 0 Å². The van der Waals surface area contributed by atoms with E-state index in [1.165, 1.54) is 0 Å². The van der Waals surface area contributed by atoms with Crippen LogP contribution in [0.1, 0.15) is 6.92 Å². The van der Waals surface area contributed by atoms with Crippen molar-refractivity contribution in [3.05, 3.63) is 24.3 Å². The number of hydrogen-bond acceptors (Lipinski definition) is 3. The number of benzene rings is 1. The van der Waals surface area contributed by atoms with Crippen molar-refractivity contribution in [2.24, 2.45) is 5.41 Å². The first kappa shape index (κ1) is 11.0. The van der Waals surface area contributed by atoms with Crippen LogP contribution in [0.2, 0.25) is 0 Å². The fraction of sp³-hybridized carbons (Fsp3) is 0.429. The summed E-state index contributed by atoms with van der Waals surface area (Å²) in [5.74, 6) is 0.909. The largest absolute Gasteiger partial charge is 0.379 e. The second kappa shape index (κ2) is 3.57. The van der Waals surface area contributed by atoms with Crippen LogP contribution >= 0.6 is 0 Å². The molecule has 1 saturated heterocycles. The third-order valence-electron chi connectivity index (χ3n) is 4.03. The molecule has 0 spiro atoms. The number of rotatable bonds is 1. The molecular formula is C14H15N3O2. The summed E-state index contributed by atoms with van der Waals surface area (Å²) in [5, 5.41) is 0. The zero-order chi connectivity index (χ0) is 13.0. The van der Waals surface area contributed by atoms with Crippen LogP contribution < -0.4 is 4.90 Å². The van der Waals surface area contributed by atoms with Gasteiger partial charge in [-0.2, -0.15) is 0 Å². The molecule has 2 aromatic rings. The number of hydrogen-bond donors (Lipinski definition) is 0. The average Bonchev–Trinajstić information content (AvgIpc) is 2.93. The van der Waals surface area contributed by atoms with E-state index in [-0.39, 0.29) is 11.3 Å². The minimum Gasteiger partial charge on any atom is -0.379 e. The summed E-state index contributed by atoms with van der Waals surface area (Å²) < 4.78 is 7.31. The molecule has 1 fully saturated rings. The zero-order valence-electron chi connectivity index (χ0n) is 10.8. The minimum absolute atomic E-state index is 0.132. The van der Waals surface area contributed by atoms with Crippen LogP contribution in [-0.2, 0) is 16.1 Å². The van der Waals surface area contributed by atoms with Gasteiger partial charge in [0.1, 0.15) is 0 Å². The predicted molar refractivity (Wildman–Crippen MR) is 71.0 cm³/mol. The average molecular weight is 257 g/mol. The molecule has 98 valence electrons. The summed E-state index contributed by atoms with van der Waals surface area (Å²) in [6.07, 6.45) is 0. The van der Waals surface area contributed by atoms with Crippen molar-refractivity contribution in [3.63, 3.8) is 0 Å². The van der Waals surface area contributed by atoms with Crippen LogP contribution in [0.5, 0.6) is 0 Å². The molecule has 2 aliphatic rings. The maximum absolute atomic E-state index is 12.6. The predicted octanol–water partition coefficient (Wildman–Crippen LogP) is 1.42. The van der Waals surface area contributed by atoms with Gasteiger partial charge in [-0.1, -0.05) is 12.1 Å². The Balaban J connectivity index is 1.77. The van der Waals surface area contributed by atoms with Gasteiger partial charge in [-0.05, 0) is 19.1 Å². The summed E-state index contributed by atoms with van der Waals surface area (Å²) in [4.78, 5) is 19.0. The Hall–Kier alpha value is -1.88. The van der Waals surface area contributed by atoms with Crippen LogP contribution in [0.25, 0.3) is 11.0 Å². The summed E-state index contributed by atoms with van der Waals surface area (Å²) in [7, 11) is 0. The molecule has 2 aliphatic heterocycles. The lowest BCUT2D eigenvalue weighted by atomic mass is 9.87. The Labute approximate surface area is 110 Å². The van der Waals surface area contributed by atoms with Crippen molar-refractivity contribution in [2.75, 3.05) is 24.7 Å². The molecule has 5 heteroatoms. The van der Waals surface area contributed by atoms with Crippen LogP contribution in [0.4, 0.5) is 5.95 Å². The lowest BCUT2D eigenvalue weighted by Gasteiger charge is -2.38. The summed E-state index contributed by atoms with van der Waals surface area (Å²) >= 11 is 0. The Morgan fingerprint density at radius 1 is 1.32 bits per heavy atom. The quantitative estimate of drug-likeness (QED) is 0.776. The van der Waals surface area contributed by atoms with E-state index in [2.05, 4.69) is 9.55 Å². The summed E-state index contributed by atoms with van der Waals surface area (Å²) in [6.45, 7) is 4.52. The van der Waals surface area contributed by atoms with E-state index in [4.69, 9.17) is 4.74 Å². The maximum Gasteiger partial charge on any atom is 0.239 e. The number of imidazole rings is 1. The number of ether oxygens (including phenoxy) is 1. The Kier molecular flexibility index (Phi) is 2.07. The fourth-order valence-electron chi connectivity index (χ4n) is 2.84. The molecule has 0 bridgehead atoms. The molecule has 19 heavy (non-hydrogen) atoms. The molecular weight excluding hydrogens is 242 g/mol. The van der Waals surface area contributed by atoms with Crippen LogP contribution in [0, 0.1) is 5.41 Å². The van der Waals surface area contributed by atoms with E-state index in [0.717, 1.165) is 23.5 Å². The van der Waals surface area contributed by atoms with Gasteiger partial charge in [0.05, 0.1) is 29.7 Å².